The molecule has 1 N–H and O–H groups in total. The summed E-state index contributed by atoms with van der Waals surface area (Å²) in [4.78, 5) is 11.9. The Morgan fingerprint density at radius 1 is 1.29 bits per heavy atom. The first kappa shape index (κ1) is 10.1. The molecule has 0 aliphatic carbocycles. The number of rotatable bonds is 2. The number of aromatic nitrogens is 5. The van der Waals surface area contributed by atoms with Crippen LogP contribution in [0.4, 0.5) is 10.3 Å². The summed E-state index contributed by atoms with van der Waals surface area (Å²) in [7, 11) is 0. The molecule has 1 unspecified atom stereocenters. The van der Waals surface area contributed by atoms with Gasteiger partial charge in [0.05, 0.1) is 18.9 Å². The third-order valence-corrected chi connectivity index (χ3v) is 2.76. The maximum Gasteiger partial charge on any atom is 0.223 e. The molecule has 7 heteroatoms. The van der Waals surface area contributed by atoms with Gasteiger partial charge in [-0.2, -0.15) is 5.10 Å². The lowest BCUT2D eigenvalue weighted by Crippen LogP contribution is -2.32. The molecule has 1 atom stereocenters. The monoisotopic (exact) mass is 234 g/mol. The molecule has 2 aromatic heterocycles. The zero-order chi connectivity index (χ0) is 11.7. The summed E-state index contributed by atoms with van der Waals surface area (Å²) in [5, 5.41) is 7.29. The second kappa shape index (κ2) is 4.08. The van der Waals surface area contributed by atoms with E-state index in [2.05, 4.69) is 25.4 Å². The highest BCUT2D eigenvalue weighted by molar-refractivity contribution is 5.24. The molecule has 0 fully saturated rings. The normalized spacial score (nSPS) is 18.8. The average Bonchev–Trinajstić information content (AvgIpc) is 2.79. The number of halogens is 1. The molecule has 1 aliphatic heterocycles. The molecule has 0 amide bonds. The molecule has 88 valence electrons. The Labute approximate surface area is 96.9 Å². The highest BCUT2D eigenvalue weighted by atomic mass is 19.1. The SMILES string of the molecule is Fc1cnc(NC2CCc3ncnn3C2)nc1. The number of hydrogen-bond donors (Lipinski definition) is 1. The van der Waals surface area contributed by atoms with Gasteiger partial charge in [0.15, 0.2) is 5.82 Å². The van der Waals surface area contributed by atoms with Crippen molar-refractivity contribution in [2.45, 2.75) is 25.4 Å². The van der Waals surface area contributed by atoms with Crippen LogP contribution in [0.5, 0.6) is 0 Å². The number of anilines is 1. The van der Waals surface area contributed by atoms with Crippen molar-refractivity contribution in [3.8, 4) is 0 Å². The van der Waals surface area contributed by atoms with Gasteiger partial charge in [-0.3, -0.25) is 0 Å². The lowest BCUT2D eigenvalue weighted by atomic mass is 10.1. The van der Waals surface area contributed by atoms with Gasteiger partial charge in [-0.1, -0.05) is 0 Å². The highest BCUT2D eigenvalue weighted by Gasteiger charge is 2.20. The van der Waals surface area contributed by atoms with Gasteiger partial charge in [0.1, 0.15) is 12.2 Å². The van der Waals surface area contributed by atoms with E-state index >= 15 is 0 Å². The zero-order valence-electron chi connectivity index (χ0n) is 9.04. The fourth-order valence-electron chi connectivity index (χ4n) is 1.92. The summed E-state index contributed by atoms with van der Waals surface area (Å²) in [5.74, 6) is 1.01. The van der Waals surface area contributed by atoms with Gasteiger partial charge >= 0.3 is 0 Å². The summed E-state index contributed by atoms with van der Waals surface area (Å²) < 4.78 is 14.5. The standard InChI is InChI=1S/C10H11FN6/c11-7-3-12-10(13-4-7)16-8-1-2-9-14-6-15-17(9)5-8/h3-4,6,8H,1-2,5H2,(H,12,13,16). The molecular formula is C10H11FN6. The first-order valence-electron chi connectivity index (χ1n) is 5.42. The van der Waals surface area contributed by atoms with Crippen LogP contribution in [-0.4, -0.2) is 30.8 Å². The fourth-order valence-corrected chi connectivity index (χ4v) is 1.92. The smallest absolute Gasteiger partial charge is 0.223 e. The minimum Gasteiger partial charge on any atom is -0.350 e. The second-order valence-corrected chi connectivity index (χ2v) is 3.96. The number of fused-ring (bicyclic) bond motifs is 1. The average molecular weight is 234 g/mol. The van der Waals surface area contributed by atoms with Crippen molar-refractivity contribution in [2.75, 3.05) is 5.32 Å². The molecule has 3 heterocycles. The number of aryl methyl sites for hydroxylation is 1. The van der Waals surface area contributed by atoms with E-state index in [4.69, 9.17) is 0 Å². The predicted molar refractivity (Wildman–Crippen MR) is 57.7 cm³/mol. The molecule has 0 saturated heterocycles. The van der Waals surface area contributed by atoms with Crippen molar-refractivity contribution in [1.82, 2.24) is 24.7 Å². The van der Waals surface area contributed by atoms with Crippen molar-refractivity contribution in [3.05, 3.63) is 30.4 Å². The molecule has 6 nitrogen and oxygen atoms in total. The summed E-state index contributed by atoms with van der Waals surface area (Å²) in [6.45, 7) is 0.732. The topological polar surface area (TPSA) is 68.5 Å². The first-order chi connectivity index (χ1) is 8.31. The fraction of sp³-hybridized carbons (Fsp3) is 0.400. The Morgan fingerprint density at radius 2 is 2.12 bits per heavy atom. The van der Waals surface area contributed by atoms with E-state index in [1.54, 1.807) is 6.33 Å². The summed E-state index contributed by atoms with van der Waals surface area (Å²) in [6, 6.07) is 0.203. The van der Waals surface area contributed by atoms with Crippen molar-refractivity contribution < 1.29 is 4.39 Å². The molecule has 1 aliphatic rings. The van der Waals surface area contributed by atoms with Gasteiger partial charge in [0, 0.05) is 12.5 Å². The van der Waals surface area contributed by atoms with Crippen molar-refractivity contribution >= 4 is 5.95 Å². The lowest BCUT2D eigenvalue weighted by Gasteiger charge is -2.23. The third kappa shape index (κ3) is 2.08. The molecule has 0 radical (unpaired) electrons. The van der Waals surface area contributed by atoms with Gasteiger partial charge in [-0.05, 0) is 6.42 Å². The van der Waals surface area contributed by atoms with Gasteiger partial charge < -0.3 is 5.32 Å². The quantitative estimate of drug-likeness (QED) is 0.825. The Kier molecular flexibility index (Phi) is 2.43. The first-order valence-corrected chi connectivity index (χ1v) is 5.42. The maximum atomic E-state index is 12.6. The van der Waals surface area contributed by atoms with E-state index in [0.29, 0.717) is 5.95 Å². The van der Waals surface area contributed by atoms with Crippen molar-refractivity contribution in [2.24, 2.45) is 0 Å². The molecule has 0 spiro atoms. The molecule has 0 bridgehead atoms. The van der Waals surface area contributed by atoms with E-state index in [1.807, 2.05) is 4.68 Å². The number of nitrogens with one attached hydrogen (secondary N) is 1. The van der Waals surface area contributed by atoms with Crippen LogP contribution in [0, 0.1) is 5.82 Å². The van der Waals surface area contributed by atoms with Gasteiger partial charge in [0.2, 0.25) is 5.95 Å². The van der Waals surface area contributed by atoms with Crippen molar-refractivity contribution in [3.63, 3.8) is 0 Å². The molecule has 0 saturated carbocycles. The lowest BCUT2D eigenvalue weighted by molar-refractivity contribution is 0.439. The molecular weight excluding hydrogens is 223 g/mol. The zero-order valence-corrected chi connectivity index (χ0v) is 9.04. The molecule has 2 aromatic rings. The van der Waals surface area contributed by atoms with Crippen LogP contribution < -0.4 is 5.32 Å². The van der Waals surface area contributed by atoms with E-state index in [-0.39, 0.29) is 6.04 Å². The van der Waals surface area contributed by atoms with E-state index in [1.165, 1.54) is 0 Å². The Morgan fingerprint density at radius 3 is 2.94 bits per heavy atom. The minimum atomic E-state index is -0.433. The summed E-state index contributed by atoms with van der Waals surface area (Å²) in [6.07, 6.45) is 5.68. The van der Waals surface area contributed by atoms with Crippen LogP contribution in [0.15, 0.2) is 18.7 Å². The Hall–Kier alpha value is -2.05. The Balaban J connectivity index is 1.69. The number of hydrogen-bond acceptors (Lipinski definition) is 5. The minimum absolute atomic E-state index is 0.203. The highest BCUT2D eigenvalue weighted by Crippen LogP contribution is 2.14. The van der Waals surface area contributed by atoms with Crippen molar-refractivity contribution in [1.29, 1.82) is 0 Å². The molecule has 0 aromatic carbocycles. The van der Waals surface area contributed by atoms with E-state index < -0.39 is 5.82 Å². The van der Waals surface area contributed by atoms with Crippen LogP contribution in [-0.2, 0) is 13.0 Å². The third-order valence-electron chi connectivity index (χ3n) is 2.76. The number of nitrogens with zero attached hydrogens (tertiary/aromatic N) is 5. The van der Waals surface area contributed by atoms with Gasteiger partial charge in [0.25, 0.3) is 0 Å². The second-order valence-electron chi connectivity index (χ2n) is 3.96. The summed E-state index contributed by atoms with van der Waals surface area (Å²) in [5.41, 5.74) is 0. The van der Waals surface area contributed by atoms with E-state index in [0.717, 1.165) is 37.6 Å². The molecule has 3 rings (SSSR count). The van der Waals surface area contributed by atoms with Crippen LogP contribution in [0.3, 0.4) is 0 Å². The maximum absolute atomic E-state index is 12.6. The van der Waals surface area contributed by atoms with Crippen LogP contribution in [0.1, 0.15) is 12.2 Å². The van der Waals surface area contributed by atoms with E-state index in [9.17, 15) is 4.39 Å². The molecule has 17 heavy (non-hydrogen) atoms. The van der Waals surface area contributed by atoms with Gasteiger partial charge in [-0.15, -0.1) is 0 Å². The van der Waals surface area contributed by atoms with Crippen LogP contribution in [0.25, 0.3) is 0 Å². The summed E-state index contributed by atoms with van der Waals surface area (Å²) >= 11 is 0. The van der Waals surface area contributed by atoms with Crippen LogP contribution in [0.2, 0.25) is 0 Å². The van der Waals surface area contributed by atoms with Crippen LogP contribution >= 0.6 is 0 Å². The largest absolute Gasteiger partial charge is 0.350 e. The Bertz CT molecular complexity index is 508. The van der Waals surface area contributed by atoms with Gasteiger partial charge in [-0.25, -0.2) is 24.0 Å². The predicted octanol–water partition coefficient (Wildman–Crippen LogP) is 0.634.